The van der Waals surface area contributed by atoms with Crippen LogP contribution in [0.25, 0.3) is 0 Å². The van der Waals surface area contributed by atoms with E-state index < -0.39 is 18.1 Å². The predicted octanol–water partition coefficient (Wildman–Crippen LogP) is -0.505. The van der Waals surface area contributed by atoms with E-state index in [0.717, 1.165) is 5.69 Å². The molecule has 1 aromatic heterocycles. The van der Waals surface area contributed by atoms with Gasteiger partial charge in [0.2, 0.25) is 5.91 Å². The van der Waals surface area contributed by atoms with E-state index in [0.29, 0.717) is 11.4 Å². The molecule has 0 aromatic carbocycles. The summed E-state index contributed by atoms with van der Waals surface area (Å²) in [5.41, 5.74) is 2.19. The van der Waals surface area contributed by atoms with E-state index in [1.54, 1.807) is 18.7 Å². The Balaban J connectivity index is 2.03. The summed E-state index contributed by atoms with van der Waals surface area (Å²) >= 11 is 0. The van der Waals surface area contributed by atoms with E-state index in [2.05, 4.69) is 10.4 Å². The number of aromatic nitrogens is 2. The van der Waals surface area contributed by atoms with Crippen LogP contribution in [-0.2, 0) is 16.6 Å². The Morgan fingerprint density at radius 1 is 1.43 bits per heavy atom. The Morgan fingerprint density at radius 2 is 2.10 bits per heavy atom. The number of carboxylic acids is 1. The molecule has 21 heavy (non-hydrogen) atoms. The lowest BCUT2D eigenvalue weighted by Gasteiger charge is -2.20. The monoisotopic (exact) mass is 296 g/mol. The molecule has 2 unspecified atom stereocenters. The van der Waals surface area contributed by atoms with Crippen molar-refractivity contribution in [3.05, 3.63) is 11.4 Å². The Morgan fingerprint density at radius 3 is 2.62 bits per heavy atom. The minimum Gasteiger partial charge on any atom is -0.480 e. The number of aliphatic hydroxyl groups excluding tert-OH is 1. The molecule has 1 fully saturated rings. The molecule has 0 saturated carbocycles. The van der Waals surface area contributed by atoms with Crippen LogP contribution in [0.15, 0.2) is 0 Å². The lowest BCUT2D eigenvalue weighted by Crippen LogP contribution is -2.41. The van der Waals surface area contributed by atoms with E-state index in [1.807, 2.05) is 6.92 Å². The highest BCUT2D eigenvalue weighted by Gasteiger charge is 2.36. The van der Waals surface area contributed by atoms with Crippen LogP contribution in [0.4, 0.5) is 5.69 Å². The lowest BCUT2D eigenvalue weighted by molar-refractivity contribution is -0.142. The number of amides is 1. The molecular weight excluding hydrogens is 276 g/mol. The fourth-order valence-electron chi connectivity index (χ4n) is 2.63. The fraction of sp³-hybridized carbons (Fsp3) is 0.615. The van der Waals surface area contributed by atoms with Gasteiger partial charge in [-0.2, -0.15) is 5.10 Å². The highest BCUT2D eigenvalue weighted by Crippen LogP contribution is 2.20. The van der Waals surface area contributed by atoms with Crippen LogP contribution in [0.5, 0.6) is 0 Å². The van der Waals surface area contributed by atoms with Gasteiger partial charge in [-0.15, -0.1) is 0 Å². The van der Waals surface area contributed by atoms with Crippen molar-refractivity contribution in [2.24, 2.45) is 7.05 Å². The molecule has 3 N–H and O–H groups in total. The maximum Gasteiger partial charge on any atom is 0.321 e. The van der Waals surface area contributed by atoms with Gasteiger partial charge in [0.15, 0.2) is 0 Å². The zero-order valence-electron chi connectivity index (χ0n) is 12.3. The first-order valence-corrected chi connectivity index (χ1v) is 6.74. The van der Waals surface area contributed by atoms with Crippen molar-refractivity contribution in [1.82, 2.24) is 14.7 Å². The third-order valence-electron chi connectivity index (χ3n) is 3.79. The number of anilines is 1. The summed E-state index contributed by atoms with van der Waals surface area (Å²) in [6.45, 7) is 3.76. The van der Waals surface area contributed by atoms with E-state index >= 15 is 0 Å². The van der Waals surface area contributed by atoms with Crippen molar-refractivity contribution in [3.8, 4) is 0 Å². The molecule has 1 saturated heterocycles. The van der Waals surface area contributed by atoms with Crippen molar-refractivity contribution in [1.29, 1.82) is 0 Å². The molecule has 116 valence electrons. The maximum absolute atomic E-state index is 12.1. The number of rotatable bonds is 4. The summed E-state index contributed by atoms with van der Waals surface area (Å²) in [5, 5.41) is 25.6. The second kappa shape index (κ2) is 5.82. The van der Waals surface area contributed by atoms with Gasteiger partial charge in [0, 0.05) is 20.0 Å². The Hall–Kier alpha value is -1.93. The summed E-state index contributed by atoms with van der Waals surface area (Å²) in [4.78, 5) is 24.7. The van der Waals surface area contributed by atoms with Crippen LogP contribution in [0.1, 0.15) is 17.8 Å². The average Bonchev–Trinajstić information content (AvgIpc) is 2.85. The fourth-order valence-corrected chi connectivity index (χ4v) is 2.63. The Labute approximate surface area is 122 Å². The molecule has 0 spiro atoms. The number of nitrogens with zero attached hydrogens (tertiary/aromatic N) is 3. The summed E-state index contributed by atoms with van der Waals surface area (Å²) in [7, 11) is 1.79. The first-order chi connectivity index (χ1) is 9.79. The molecule has 0 bridgehead atoms. The Bertz CT molecular complexity index is 569. The first-order valence-electron chi connectivity index (χ1n) is 6.74. The summed E-state index contributed by atoms with van der Waals surface area (Å²) < 4.78 is 1.67. The van der Waals surface area contributed by atoms with Crippen LogP contribution in [0.2, 0.25) is 0 Å². The molecule has 0 radical (unpaired) electrons. The lowest BCUT2D eigenvalue weighted by atomic mass is 10.2. The minimum absolute atomic E-state index is 0.0677. The van der Waals surface area contributed by atoms with E-state index in [-0.39, 0.29) is 25.4 Å². The van der Waals surface area contributed by atoms with E-state index in [1.165, 1.54) is 4.90 Å². The topological polar surface area (TPSA) is 108 Å². The van der Waals surface area contributed by atoms with Crippen LogP contribution >= 0.6 is 0 Å². The number of aliphatic hydroxyl groups is 1. The SMILES string of the molecule is Cc1nn(C)c(C)c1NC(=O)CN1CC(O)CC1C(=O)O. The summed E-state index contributed by atoms with van der Waals surface area (Å²) in [6.07, 6.45) is -0.561. The molecule has 2 heterocycles. The number of nitrogens with one attached hydrogen (secondary N) is 1. The molecule has 8 heteroatoms. The first kappa shape index (κ1) is 15.5. The standard InChI is InChI=1S/C13H20N4O4/c1-7-12(8(2)16(3)15-7)14-11(19)6-17-5-9(18)4-10(17)13(20)21/h9-10,18H,4-6H2,1-3H3,(H,14,19)(H,20,21). The smallest absolute Gasteiger partial charge is 0.321 e. The minimum atomic E-state index is -1.02. The summed E-state index contributed by atoms with van der Waals surface area (Å²) in [6, 6.07) is -0.818. The number of aliphatic carboxylic acids is 1. The van der Waals surface area contributed by atoms with Crippen molar-refractivity contribution in [2.45, 2.75) is 32.4 Å². The molecule has 1 amide bonds. The Kier molecular flexibility index (Phi) is 4.29. The van der Waals surface area contributed by atoms with E-state index in [4.69, 9.17) is 5.11 Å². The number of hydrogen-bond acceptors (Lipinski definition) is 5. The van der Waals surface area contributed by atoms with Gasteiger partial charge in [0.05, 0.1) is 29.7 Å². The van der Waals surface area contributed by atoms with Crippen LogP contribution < -0.4 is 5.32 Å². The van der Waals surface area contributed by atoms with Gasteiger partial charge in [0.1, 0.15) is 6.04 Å². The van der Waals surface area contributed by atoms with Gasteiger partial charge in [-0.1, -0.05) is 0 Å². The number of β-amino-alcohol motifs (C(OH)–C–C–N with tert-alkyl or cyclic N) is 1. The van der Waals surface area contributed by atoms with Gasteiger partial charge in [-0.3, -0.25) is 19.2 Å². The highest BCUT2D eigenvalue weighted by atomic mass is 16.4. The van der Waals surface area contributed by atoms with Gasteiger partial charge in [-0.25, -0.2) is 0 Å². The number of carbonyl (C=O) groups is 2. The third kappa shape index (κ3) is 3.22. The van der Waals surface area contributed by atoms with Gasteiger partial charge in [0.25, 0.3) is 0 Å². The van der Waals surface area contributed by atoms with Gasteiger partial charge in [-0.05, 0) is 13.8 Å². The van der Waals surface area contributed by atoms with Crippen molar-refractivity contribution >= 4 is 17.6 Å². The highest BCUT2D eigenvalue weighted by molar-refractivity contribution is 5.93. The van der Waals surface area contributed by atoms with Crippen LogP contribution in [-0.4, -0.2) is 62.0 Å². The third-order valence-corrected chi connectivity index (χ3v) is 3.79. The van der Waals surface area contributed by atoms with E-state index in [9.17, 15) is 14.7 Å². The second-order valence-electron chi connectivity index (χ2n) is 5.39. The number of carboxylic acid groups (broad SMARTS) is 1. The zero-order chi connectivity index (χ0) is 15.7. The van der Waals surface area contributed by atoms with Crippen molar-refractivity contribution in [3.63, 3.8) is 0 Å². The summed E-state index contributed by atoms with van der Waals surface area (Å²) in [5.74, 6) is -1.33. The number of hydrogen-bond donors (Lipinski definition) is 3. The molecule has 0 aliphatic carbocycles. The second-order valence-corrected chi connectivity index (χ2v) is 5.39. The average molecular weight is 296 g/mol. The number of carbonyl (C=O) groups excluding carboxylic acids is 1. The van der Waals surface area contributed by atoms with Crippen molar-refractivity contribution in [2.75, 3.05) is 18.4 Å². The molecule has 1 aliphatic heterocycles. The molecular formula is C13H20N4O4. The maximum atomic E-state index is 12.1. The molecule has 8 nitrogen and oxygen atoms in total. The number of likely N-dealkylation sites (tertiary alicyclic amines) is 1. The molecule has 2 atom stereocenters. The van der Waals surface area contributed by atoms with Crippen LogP contribution in [0.3, 0.4) is 0 Å². The van der Waals surface area contributed by atoms with Crippen LogP contribution in [0, 0.1) is 13.8 Å². The molecule has 1 aliphatic rings. The van der Waals surface area contributed by atoms with Crippen molar-refractivity contribution < 1.29 is 19.8 Å². The molecule has 2 rings (SSSR count). The van der Waals surface area contributed by atoms with Gasteiger partial charge < -0.3 is 15.5 Å². The van der Waals surface area contributed by atoms with Gasteiger partial charge >= 0.3 is 5.97 Å². The quantitative estimate of drug-likeness (QED) is 0.691. The zero-order valence-corrected chi connectivity index (χ0v) is 12.3. The number of aryl methyl sites for hydroxylation is 2. The normalized spacial score (nSPS) is 22.5. The largest absolute Gasteiger partial charge is 0.480 e. The predicted molar refractivity (Wildman–Crippen MR) is 74.9 cm³/mol. The molecule has 1 aromatic rings.